The number of hydrogen-bond donors (Lipinski definition) is 2. The first-order chi connectivity index (χ1) is 17.8. The lowest BCUT2D eigenvalue weighted by Gasteiger charge is -2.11. The molecule has 0 unspecified atom stereocenters. The molecule has 0 bridgehead atoms. The Morgan fingerprint density at radius 1 is 0.838 bits per heavy atom. The highest BCUT2D eigenvalue weighted by Gasteiger charge is 2.31. The minimum absolute atomic E-state index is 0.0485. The van der Waals surface area contributed by atoms with Gasteiger partial charge >= 0.3 is 0 Å². The van der Waals surface area contributed by atoms with Gasteiger partial charge in [-0.3, -0.25) is 9.59 Å². The smallest absolute Gasteiger partial charge is 0.257 e. The van der Waals surface area contributed by atoms with E-state index in [0.29, 0.717) is 0 Å². The fourth-order valence-electron chi connectivity index (χ4n) is 4.35. The molecule has 0 spiro atoms. The second-order valence-electron chi connectivity index (χ2n) is 8.70. The number of sulfone groups is 1. The van der Waals surface area contributed by atoms with Crippen LogP contribution in [0.3, 0.4) is 0 Å². The Morgan fingerprint density at radius 3 is 2.38 bits per heavy atom. The predicted molar refractivity (Wildman–Crippen MR) is 140 cm³/mol. The average molecular weight is 513 g/mol. The van der Waals surface area contributed by atoms with Crippen LogP contribution < -0.4 is 15.4 Å². The Morgan fingerprint density at radius 2 is 1.57 bits per heavy atom. The zero-order valence-corrected chi connectivity index (χ0v) is 20.8. The molecule has 8 heteroatoms. The highest BCUT2D eigenvalue weighted by atomic mass is 32.2. The van der Waals surface area contributed by atoms with Crippen LogP contribution in [0.2, 0.25) is 0 Å². The van der Waals surface area contributed by atoms with Gasteiger partial charge in [-0.1, -0.05) is 48.5 Å². The van der Waals surface area contributed by atoms with Crippen LogP contribution in [0.1, 0.15) is 37.4 Å². The summed E-state index contributed by atoms with van der Waals surface area (Å²) in [6.45, 7) is 0.290. The topological polar surface area (TPSA) is 102 Å². The number of methoxy groups -OCH3 is 1. The van der Waals surface area contributed by atoms with Crippen molar-refractivity contribution in [2.45, 2.75) is 22.8 Å². The van der Waals surface area contributed by atoms with Crippen molar-refractivity contribution in [2.24, 2.45) is 0 Å². The molecule has 7 nitrogen and oxygen atoms in total. The molecule has 1 heterocycles. The molecule has 4 aromatic carbocycles. The highest BCUT2D eigenvalue weighted by Crippen LogP contribution is 2.34. The van der Waals surface area contributed by atoms with Crippen LogP contribution in [0.5, 0.6) is 5.75 Å². The number of nitrogens with one attached hydrogen (secondary N) is 2. The van der Waals surface area contributed by atoms with Crippen molar-refractivity contribution in [3.63, 3.8) is 0 Å². The van der Waals surface area contributed by atoms with E-state index in [-0.39, 0.29) is 39.1 Å². The molecule has 0 atom stereocenters. The third kappa shape index (κ3) is 4.96. The van der Waals surface area contributed by atoms with Crippen LogP contribution in [0, 0.1) is 0 Å². The van der Waals surface area contributed by atoms with E-state index in [1.54, 1.807) is 19.2 Å². The lowest BCUT2D eigenvalue weighted by molar-refractivity contribution is 0.0949. The van der Waals surface area contributed by atoms with Gasteiger partial charge in [0.2, 0.25) is 9.84 Å². The third-order valence-electron chi connectivity index (χ3n) is 6.19. The molecular weight excluding hydrogens is 488 g/mol. The summed E-state index contributed by atoms with van der Waals surface area (Å²) in [6.07, 6.45) is 0.723. The molecule has 4 aromatic rings. The summed E-state index contributed by atoms with van der Waals surface area (Å²) in [7, 11) is -2.29. The second kappa shape index (κ2) is 9.91. The summed E-state index contributed by atoms with van der Waals surface area (Å²) in [5.41, 5.74) is 3.53. The Labute approximate surface area is 215 Å². The van der Waals surface area contributed by atoms with Gasteiger partial charge in [-0.25, -0.2) is 8.42 Å². The van der Waals surface area contributed by atoms with E-state index in [2.05, 4.69) is 10.6 Å². The standard InChI is InChI=1S/C29H24N2O5S/c1-36-23-9-5-7-20(16-23)14-19-6-4-8-21(15-19)18-30-28(32)22-12-13-27-25(17-22)31-29(33)24-10-2-3-11-26(24)37(27,34)35/h2-13,15-17H,14,18H2,1H3,(H,30,32)(H,31,33). The molecule has 186 valence electrons. The van der Waals surface area contributed by atoms with E-state index >= 15 is 0 Å². The largest absolute Gasteiger partial charge is 0.497 e. The molecule has 0 radical (unpaired) electrons. The Balaban J connectivity index is 1.32. The van der Waals surface area contributed by atoms with E-state index < -0.39 is 15.7 Å². The van der Waals surface area contributed by atoms with Crippen LogP contribution in [0.15, 0.2) is 101 Å². The quantitative estimate of drug-likeness (QED) is 0.393. The van der Waals surface area contributed by atoms with Gasteiger partial charge in [-0.15, -0.1) is 0 Å². The van der Waals surface area contributed by atoms with Crippen LogP contribution >= 0.6 is 0 Å². The molecule has 2 amide bonds. The number of benzene rings is 4. The number of rotatable bonds is 6. The van der Waals surface area contributed by atoms with Gasteiger partial charge in [0.1, 0.15) is 5.75 Å². The lowest BCUT2D eigenvalue weighted by Crippen LogP contribution is -2.23. The number of hydrogen-bond acceptors (Lipinski definition) is 5. The molecule has 0 fully saturated rings. The van der Waals surface area contributed by atoms with E-state index in [9.17, 15) is 18.0 Å². The molecule has 1 aliphatic heterocycles. The first kappa shape index (κ1) is 24.3. The number of anilines is 1. The van der Waals surface area contributed by atoms with Crippen LogP contribution in [0.25, 0.3) is 0 Å². The molecule has 0 aliphatic carbocycles. The minimum Gasteiger partial charge on any atom is -0.497 e. The van der Waals surface area contributed by atoms with E-state index in [4.69, 9.17) is 4.74 Å². The summed E-state index contributed by atoms with van der Waals surface area (Å²) < 4.78 is 31.6. The highest BCUT2D eigenvalue weighted by molar-refractivity contribution is 7.91. The van der Waals surface area contributed by atoms with E-state index in [1.807, 2.05) is 48.5 Å². The fourth-order valence-corrected chi connectivity index (χ4v) is 5.94. The maximum atomic E-state index is 13.2. The molecule has 1 aliphatic rings. The van der Waals surface area contributed by atoms with Crippen molar-refractivity contribution in [2.75, 3.05) is 12.4 Å². The summed E-state index contributed by atoms with van der Waals surface area (Å²) in [5, 5.41) is 5.51. The van der Waals surface area contributed by atoms with Crippen molar-refractivity contribution < 1.29 is 22.7 Å². The fraction of sp³-hybridized carbons (Fsp3) is 0.103. The van der Waals surface area contributed by atoms with Crippen LogP contribution in [-0.2, 0) is 22.8 Å². The molecule has 0 saturated heterocycles. The summed E-state index contributed by atoms with van der Waals surface area (Å²) in [5.74, 6) is -0.118. The number of fused-ring (bicyclic) bond motifs is 2. The van der Waals surface area contributed by atoms with Gasteiger partial charge in [-0.05, 0) is 65.6 Å². The molecule has 0 saturated carbocycles. The SMILES string of the molecule is COc1cccc(Cc2cccc(CNC(=O)c3ccc4c(c3)NC(=O)c3ccccc3S4(=O)=O)c2)c1. The number of amides is 2. The molecule has 0 aromatic heterocycles. The normalized spacial score (nSPS) is 13.5. The van der Waals surface area contributed by atoms with Gasteiger partial charge in [0, 0.05) is 12.1 Å². The number of ether oxygens (including phenoxy) is 1. The molecule has 2 N–H and O–H groups in total. The molecular formula is C29H24N2O5S. The van der Waals surface area contributed by atoms with Crippen molar-refractivity contribution >= 4 is 27.3 Å². The number of carbonyl (C=O) groups is 2. The number of carbonyl (C=O) groups excluding carboxylic acids is 2. The van der Waals surface area contributed by atoms with Crippen LogP contribution in [-0.4, -0.2) is 27.3 Å². The maximum Gasteiger partial charge on any atom is 0.257 e. The van der Waals surface area contributed by atoms with Crippen molar-refractivity contribution in [1.82, 2.24) is 5.32 Å². The zero-order valence-electron chi connectivity index (χ0n) is 20.0. The predicted octanol–water partition coefficient (Wildman–Crippen LogP) is 4.61. The van der Waals surface area contributed by atoms with Crippen molar-refractivity contribution in [3.8, 4) is 5.75 Å². The summed E-state index contributed by atoms with van der Waals surface area (Å²) >= 11 is 0. The summed E-state index contributed by atoms with van der Waals surface area (Å²) in [6, 6.07) is 26.0. The second-order valence-corrected chi connectivity index (χ2v) is 10.6. The van der Waals surface area contributed by atoms with Crippen molar-refractivity contribution in [1.29, 1.82) is 0 Å². The van der Waals surface area contributed by atoms with Gasteiger partial charge in [0.25, 0.3) is 11.8 Å². The van der Waals surface area contributed by atoms with E-state index in [0.717, 1.165) is 28.9 Å². The van der Waals surface area contributed by atoms with Gasteiger partial charge in [0.15, 0.2) is 0 Å². The molecule has 5 rings (SSSR count). The van der Waals surface area contributed by atoms with Crippen molar-refractivity contribution in [3.05, 3.63) is 119 Å². The third-order valence-corrected chi connectivity index (χ3v) is 8.06. The minimum atomic E-state index is -3.93. The van der Waals surface area contributed by atoms with Crippen LogP contribution in [0.4, 0.5) is 5.69 Å². The van der Waals surface area contributed by atoms with Gasteiger partial charge < -0.3 is 15.4 Å². The lowest BCUT2D eigenvalue weighted by atomic mass is 10.0. The average Bonchev–Trinajstić information content (AvgIpc) is 2.99. The Kier molecular flexibility index (Phi) is 6.50. The van der Waals surface area contributed by atoms with Gasteiger partial charge in [-0.2, -0.15) is 0 Å². The Bertz CT molecular complexity index is 1630. The van der Waals surface area contributed by atoms with E-state index in [1.165, 1.54) is 30.3 Å². The first-order valence-corrected chi connectivity index (χ1v) is 13.1. The molecule has 37 heavy (non-hydrogen) atoms. The monoisotopic (exact) mass is 512 g/mol. The van der Waals surface area contributed by atoms with Gasteiger partial charge in [0.05, 0.1) is 28.2 Å². The first-order valence-electron chi connectivity index (χ1n) is 11.6. The maximum absolute atomic E-state index is 13.2. The summed E-state index contributed by atoms with van der Waals surface area (Å²) in [4.78, 5) is 25.5. The zero-order chi connectivity index (χ0) is 26.0. The Hall–Kier alpha value is -4.43.